The van der Waals surface area contributed by atoms with Crippen LogP contribution < -0.4 is 4.90 Å². The molecule has 0 aliphatic carbocycles. The Morgan fingerprint density at radius 1 is 1.33 bits per heavy atom. The van der Waals surface area contributed by atoms with Gasteiger partial charge in [-0.1, -0.05) is 0 Å². The third kappa shape index (κ3) is 3.03. The Hall–Kier alpha value is -1.61. The van der Waals surface area contributed by atoms with Crippen LogP contribution in [-0.4, -0.2) is 63.5 Å². The van der Waals surface area contributed by atoms with Crippen molar-refractivity contribution < 1.29 is 9.47 Å². The summed E-state index contributed by atoms with van der Waals surface area (Å²) in [5.74, 6) is 0. The van der Waals surface area contributed by atoms with Crippen molar-refractivity contribution in [2.24, 2.45) is 0 Å². The van der Waals surface area contributed by atoms with Crippen LogP contribution >= 0.6 is 0 Å². The number of nitriles is 1. The average molecular weight is 287 g/mol. The Morgan fingerprint density at radius 3 is 2.86 bits per heavy atom. The lowest BCUT2D eigenvalue weighted by molar-refractivity contribution is -0.0523. The molecule has 0 aromatic heterocycles. The number of hydrogen-bond donors (Lipinski definition) is 0. The summed E-state index contributed by atoms with van der Waals surface area (Å²) in [5.41, 5.74) is 1.87. The van der Waals surface area contributed by atoms with Crippen molar-refractivity contribution in [1.82, 2.24) is 4.90 Å². The van der Waals surface area contributed by atoms with Crippen molar-refractivity contribution >= 4 is 5.69 Å². The molecule has 1 aromatic rings. The molecular weight excluding hydrogens is 266 g/mol. The van der Waals surface area contributed by atoms with Gasteiger partial charge in [0.2, 0.25) is 0 Å². The van der Waals surface area contributed by atoms with E-state index in [1.807, 2.05) is 24.3 Å². The zero-order valence-electron chi connectivity index (χ0n) is 12.4. The van der Waals surface area contributed by atoms with Crippen LogP contribution in [0.15, 0.2) is 24.3 Å². The van der Waals surface area contributed by atoms with Crippen molar-refractivity contribution in [3.8, 4) is 6.07 Å². The first-order chi connectivity index (χ1) is 10.3. The highest BCUT2D eigenvalue weighted by Gasteiger charge is 2.39. The van der Waals surface area contributed by atoms with E-state index in [9.17, 15) is 0 Å². The van der Waals surface area contributed by atoms with Crippen LogP contribution in [0.25, 0.3) is 0 Å². The predicted molar refractivity (Wildman–Crippen MR) is 80.3 cm³/mol. The topological polar surface area (TPSA) is 48.7 Å². The molecule has 0 radical (unpaired) electrons. The lowest BCUT2D eigenvalue weighted by Crippen LogP contribution is -2.51. The van der Waals surface area contributed by atoms with Crippen LogP contribution in [0.5, 0.6) is 0 Å². The van der Waals surface area contributed by atoms with Gasteiger partial charge in [0.1, 0.15) is 0 Å². The Kier molecular flexibility index (Phi) is 4.39. The average Bonchev–Trinajstić information content (AvgIpc) is 2.97. The predicted octanol–water partition coefficient (Wildman–Crippen LogP) is 1.09. The largest absolute Gasteiger partial charge is 0.383 e. The second kappa shape index (κ2) is 6.44. The van der Waals surface area contributed by atoms with Crippen molar-refractivity contribution in [3.63, 3.8) is 0 Å². The van der Waals surface area contributed by atoms with Gasteiger partial charge in [-0.3, -0.25) is 4.90 Å². The summed E-state index contributed by atoms with van der Waals surface area (Å²) in [7, 11) is 1.75. The summed E-state index contributed by atoms with van der Waals surface area (Å²) in [5, 5.41) is 8.88. The lowest BCUT2D eigenvalue weighted by Gasteiger charge is -2.36. The Balaban J connectivity index is 1.68. The third-order valence-corrected chi connectivity index (χ3v) is 4.36. The molecule has 2 aliphatic rings. The molecule has 112 valence electrons. The summed E-state index contributed by atoms with van der Waals surface area (Å²) in [6, 6.07) is 10.4. The van der Waals surface area contributed by atoms with Gasteiger partial charge >= 0.3 is 0 Å². The van der Waals surface area contributed by atoms with Gasteiger partial charge in [-0.25, -0.2) is 0 Å². The molecular formula is C16H21N3O2. The number of methoxy groups -OCH3 is 1. The van der Waals surface area contributed by atoms with Crippen LogP contribution in [0.2, 0.25) is 0 Å². The maximum atomic E-state index is 8.88. The van der Waals surface area contributed by atoms with Gasteiger partial charge in [-0.15, -0.1) is 0 Å². The van der Waals surface area contributed by atoms with Crippen LogP contribution in [0.4, 0.5) is 5.69 Å². The minimum absolute atomic E-state index is 0.270. The summed E-state index contributed by atoms with van der Waals surface area (Å²) in [4.78, 5) is 4.82. The standard InChI is InChI=1S/C16H21N3O2/c1-20-8-6-18-7-9-21-16-12-19(11-15(16)18)14-4-2-13(10-17)3-5-14/h2-5,15-16H,6-9,11-12H2,1H3/t15-,16+/m0/s1. The minimum atomic E-state index is 0.270. The van der Waals surface area contributed by atoms with Gasteiger partial charge in [0.15, 0.2) is 0 Å². The number of anilines is 1. The van der Waals surface area contributed by atoms with E-state index < -0.39 is 0 Å². The van der Waals surface area contributed by atoms with Crippen molar-refractivity contribution in [3.05, 3.63) is 29.8 Å². The number of hydrogen-bond acceptors (Lipinski definition) is 5. The molecule has 0 N–H and O–H groups in total. The molecule has 2 aliphatic heterocycles. The molecule has 3 rings (SSSR count). The molecule has 2 saturated heterocycles. The first-order valence-corrected chi connectivity index (χ1v) is 7.41. The third-order valence-electron chi connectivity index (χ3n) is 4.36. The first kappa shape index (κ1) is 14.3. The van der Waals surface area contributed by atoms with E-state index in [0.29, 0.717) is 11.6 Å². The highest BCUT2D eigenvalue weighted by Crippen LogP contribution is 2.27. The molecule has 2 heterocycles. The van der Waals surface area contributed by atoms with E-state index >= 15 is 0 Å². The molecule has 0 bridgehead atoms. The van der Waals surface area contributed by atoms with Gasteiger partial charge < -0.3 is 14.4 Å². The number of ether oxygens (including phenoxy) is 2. The van der Waals surface area contributed by atoms with E-state index in [4.69, 9.17) is 14.7 Å². The van der Waals surface area contributed by atoms with Crippen LogP contribution in [0, 0.1) is 11.3 Å². The molecule has 2 fully saturated rings. The fraction of sp³-hybridized carbons (Fsp3) is 0.562. The molecule has 2 atom stereocenters. The van der Waals surface area contributed by atoms with Crippen molar-refractivity contribution in [2.75, 3.05) is 51.4 Å². The monoisotopic (exact) mass is 287 g/mol. The van der Waals surface area contributed by atoms with E-state index in [-0.39, 0.29) is 6.10 Å². The summed E-state index contributed by atoms with van der Waals surface area (Å²) >= 11 is 0. The number of rotatable bonds is 4. The number of nitrogens with zero attached hydrogens (tertiary/aromatic N) is 3. The zero-order valence-corrected chi connectivity index (χ0v) is 12.4. The maximum absolute atomic E-state index is 8.88. The fourth-order valence-electron chi connectivity index (χ4n) is 3.20. The number of morpholine rings is 1. The molecule has 1 aromatic carbocycles. The first-order valence-electron chi connectivity index (χ1n) is 7.41. The van der Waals surface area contributed by atoms with Crippen molar-refractivity contribution in [2.45, 2.75) is 12.1 Å². The fourth-order valence-corrected chi connectivity index (χ4v) is 3.20. The van der Waals surface area contributed by atoms with E-state index in [1.54, 1.807) is 7.11 Å². The second-order valence-electron chi connectivity index (χ2n) is 5.57. The molecule has 0 unspecified atom stereocenters. The summed E-state index contributed by atoms with van der Waals surface area (Å²) in [6.45, 7) is 5.39. The second-order valence-corrected chi connectivity index (χ2v) is 5.57. The Bertz CT molecular complexity index is 511. The molecule has 21 heavy (non-hydrogen) atoms. The zero-order chi connectivity index (χ0) is 14.7. The normalized spacial score (nSPS) is 25.6. The highest BCUT2D eigenvalue weighted by atomic mass is 16.5. The van der Waals surface area contributed by atoms with Gasteiger partial charge in [-0.2, -0.15) is 5.26 Å². The lowest BCUT2D eigenvalue weighted by atomic mass is 10.1. The smallest absolute Gasteiger partial charge is 0.0991 e. The number of benzene rings is 1. The Morgan fingerprint density at radius 2 is 2.14 bits per heavy atom. The van der Waals surface area contributed by atoms with Gasteiger partial charge in [0.25, 0.3) is 0 Å². The van der Waals surface area contributed by atoms with E-state index in [1.165, 1.54) is 5.69 Å². The minimum Gasteiger partial charge on any atom is -0.383 e. The van der Waals surface area contributed by atoms with Gasteiger partial charge in [-0.05, 0) is 24.3 Å². The molecule has 0 amide bonds. The number of fused-ring (bicyclic) bond motifs is 1. The van der Waals surface area contributed by atoms with Gasteiger partial charge in [0, 0.05) is 39.0 Å². The molecule has 0 spiro atoms. The van der Waals surface area contributed by atoms with E-state index in [2.05, 4.69) is 15.9 Å². The summed E-state index contributed by atoms with van der Waals surface area (Å²) < 4.78 is 11.1. The molecule has 0 saturated carbocycles. The van der Waals surface area contributed by atoms with Crippen molar-refractivity contribution in [1.29, 1.82) is 5.26 Å². The molecule has 5 heteroatoms. The maximum Gasteiger partial charge on any atom is 0.0991 e. The van der Waals surface area contributed by atoms with Crippen LogP contribution in [0.3, 0.4) is 0 Å². The quantitative estimate of drug-likeness (QED) is 0.830. The molecule has 5 nitrogen and oxygen atoms in total. The van der Waals surface area contributed by atoms with Crippen LogP contribution in [0.1, 0.15) is 5.56 Å². The van der Waals surface area contributed by atoms with Gasteiger partial charge in [0.05, 0.1) is 37.0 Å². The highest BCUT2D eigenvalue weighted by molar-refractivity contribution is 5.51. The Labute approximate surface area is 125 Å². The van der Waals surface area contributed by atoms with Crippen LogP contribution in [-0.2, 0) is 9.47 Å². The van der Waals surface area contributed by atoms with E-state index in [0.717, 1.165) is 39.4 Å². The summed E-state index contributed by atoms with van der Waals surface area (Å²) in [6.07, 6.45) is 0.270. The SMILES string of the molecule is COCCN1CCO[C@@H]2CN(c3ccc(C#N)cc3)C[C@@H]21.